The van der Waals surface area contributed by atoms with Crippen molar-refractivity contribution in [2.24, 2.45) is 0 Å². The average Bonchev–Trinajstić information content (AvgIpc) is 3.17. The van der Waals surface area contributed by atoms with E-state index in [1.165, 1.54) is 0 Å². The number of hydrogen-bond acceptors (Lipinski definition) is 4. The zero-order chi connectivity index (χ0) is 17.9. The lowest BCUT2D eigenvalue weighted by atomic mass is 9.85. The smallest absolute Gasteiger partial charge is 0.248 e. The molecule has 1 saturated heterocycles. The summed E-state index contributed by atoms with van der Waals surface area (Å²) in [6.07, 6.45) is 6.80. The van der Waals surface area contributed by atoms with Crippen LogP contribution in [0.1, 0.15) is 24.0 Å². The number of likely N-dealkylation sites (N-methyl/N-ethyl adjacent to an activating group) is 1. The summed E-state index contributed by atoms with van der Waals surface area (Å²) >= 11 is 0. The van der Waals surface area contributed by atoms with Gasteiger partial charge in [0.25, 0.3) is 0 Å². The van der Waals surface area contributed by atoms with Crippen LogP contribution in [0.15, 0.2) is 43.0 Å². The first-order chi connectivity index (χ1) is 12.1. The first-order valence-electron chi connectivity index (χ1n) is 8.47. The van der Waals surface area contributed by atoms with Crippen molar-refractivity contribution >= 4 is 5.91 Å². The standard InChI is InChI=1S/C19H23N5O/c1-22(2)18(25)19(24-12-9-21-15-24)7-10-23(11-8-19)14-17-6-4-3-5-16(17)13-20/h3-6,9,12,15H,7-8,10-11,14H2,1-2H3. The Kier molecular flexibility index (Phi) is 4.86. The van der Waals surface area contributed by atoms with Gasteiger partial charge >= 0.3 is 0 Å². The van der Waals surface area contributed by atoms with Gasteiger partial charge in [0, 0.05) is 46.1 Å². The fourth-order valence-electron chi connectivity index (χ4n) is 3.60. The normalized spacial score (nSPS) is 17.0. The van der Waals surface area contributed by atoms with Crippen LogP contribution in [0.3, 0.4) is 0 Å². The third-order valence-electron chi connectivity index (χ3n) is 5.02. The summed E-state index contributed by atoms with van der Waals surface area (Å²) in [6, 6.07) is 9.96. The van der Waals surface area contributed by atoms with Crippen molar-refractivity contribution in [2.45, 2.75) is 24.9 Å². The molecule has 0 unspecified atom stereocenters. The molecule has 130 valence electrons. The van der Waals surface area contributed by atoms with Gasteiger partial charge in [0.05, 0.1) is 18.0 Å². The van der Waals surface area contributed by atoms with E-state index in [0.29, 0.717) is 0 Å². The minimum atomic E-state index is -0.564. The number of benzene rings is 1. The molecule has 0 N–H and O–H groups in total. The maximum atomic E-state index is 12.9. The number of carbonyl (C=O) groups is 1. The molecule has 0 spiro atoms. The largest absolute Gasteiger partial charge is 0.347 e. The molecule has 1 aliphatic heterocycles. The molecule has 25 heavy (non-hydrogen) atoms. The monoisotopic (exact) mass is 337 g/mol. The third kappa shape index (κ3) is 3.28. The van der Waals surface area contributed by atoms with Crippen LogP contribution >= 0.6 is 0 Å². The molecule has 0 aliphatic carbocycles. The molecule has 6 heteroatoms. The highest BCUT2D eigenvalue weighted by Crippen LogP contribution is 2.32. The molecule has 0 bridgehead atoms. The van der Waals surface area contributed by atoms with Crippen LogP contribution in [-0.2, 0) is 16.9 Å². The van der Waals surface area contributed by atoms with Crippen LogP contribution in [-0.4, -0.2) is 52.4 Å². The Labute approximate surface area is 148 Å². The predicted molar refractivity (Wildman–Crippen MR) is 94.6 cm³/mol. The Balaban J connectivity index is 1.77. The minimum absolute atomic E-state index is 0.113. The molecule has 0 atom stereocenters. The molecule has 2 heterocycles. The fourth-order valence-corrected chi connectivity index (χ4v) is 3.60. The second kappa shape index (κ2) is 7.08. The Morgan fingerprint density at radius 1 is 1.32 bits per heavy atom. The maximum absolute atomic E-state index is 12.9. The lowest BCUT2D eigenvalue weighted by Gasteiger charge is -2.42. The number of amides is 1. The lowest BCUT2D eigenvalue weighted by molar-refractivity contribution is -0.141. The molecule has 1 fully saturated rings. The number of nitriles is 1. The zero-order valence-corrected chi connectivity index (χ0v) is 14.7. The van der Waals surface area contributed by atoms with Crippen LogP contribution < -0.4 is 0 Å². The number of hydrogen-bond donors (Lipinski definition) is 0. The molecular weight excluding hydrogens is 314 g/mol. The van der Waals surface area contributed by atoms with E-state index in [2.05, 4.69) is 16.0 Å². The van der Waals surface area contributed by atoms with Gasteiger partial charge in [0.2, 0.25) is 5.91 Å². The summed E-state index contributed by atoms with van der Waals surface area (Å²) in [4.78, 5) is 21.0. The van der Waals surface area contributed by atoms with Crippen molar-refractivity contribution in [3.63, 3.8) is 0 Å². The lowest BCUT2D eigenvalue weighted by Crippen LogP contribution is -2.54. The molecule has 1 aromatic carbocycles. The van der Waals surface area contributed by atoms with E-state index < -0.39 is 5.54 Å². The molecule has 0 radical (unpaired) electrons. The predicted octanol–water partition coefficient (Wildman–Crippen LogP) is 1.83. The van der Waals surface area contributed by atoms with Crippen LogP contribution in [0, 0.1) is 11.3 Å². The van der Waals surface area contributed by atoms with Crippen molar-refractivity contribution in [1.29, 1.82) is 5.26 Å². The highest BCUT2D eigenvalue weighted by molar-refractivity contribution is 5.84. The molecule has 1 aromatic heterocycles. The van der Waals surface area contributed by atoms with Gasteiger partial charge in [-0.3, -0.25) is 9.69 Å². The number of piperidine rings is 1. The summed E-state index contributed by atoms with van der Waals surface area (Å²) < 4.78 is 1.95. The van der Waals surface area contributed by atoms with Crippen LogP contribution in [0.5, 0.6) is 0 Å². The highest BCUT2D eigenvalue weighted by Gasteiger charge is 2.43. The summed E-state index contributed by atoms with van der Waals surface area (Å²) in [5, 5.41) is 9.26. The Hall–Kier alpha value is -2.65. The third-order valence-corrected chi connectivity index (χ3v) is 5.02. The molecule has 6 nitrogen and oxygen atoms in total. The van der Waals surface area contributed by atoms with Gasteiger partial charge in [-0.25, -0.2) is 4.98 Å². The van der Waals surface area contributed by atoms with Gasteiger partial charge in [-0.2, -0.15) is 5.26 Å². The van der Waals surface area contributed by atoms with Gasteiger partial charge in [0.1, 0.15) is 5.54 Å². The van der Waals surface area contributed by atoms with Crippen LogP contribution in [0.2, 0.25) is 0 Å². The van der Waals surface area contributed by atoms with Gasteiger partial charge in [-0.15, -0.1) is 0 Å². The van der Waals surface area contributed by atoms with E-state index >= 15 is 0 Å². The number of carbonyl (C=O) groups excluding carboxylic acids is 1. The number of likely N-dealkylation sites (tertiary alicyclic amines) is 1. The Morgan fingerprint density at radius 2 is 2.04 bits per heavy atom. The second-order valence-corrected chi connectivity index (χ2v) is 6.75. The fraction of sp³-hybridized carbons (Fsp3) is 0.421. The van der Waals surface area contributed by atoms with Gasteiger partial charge in [-0.05, 0) is 24.5 Å². The van der Waals surface area contributed by atoms with Crippen LogP contribution in [0.25, 0.3) is 0 Å². The van der Waals surface area contributed by atoms with Gasteiger partial charge in [0.15, 0.2) is 0 Å². The second-order valence-electron chi connectivity index (χ2n) is 6.75. The van der Waals surface area contributed by atoms with E-state index in [4.69, 9.17) is 0 Å². The molecular formula is C19H23N5O. The number of imidazole rings is 1. The van der Waals surface area contributed by atoms with Crippen molar-refractivity contribution in [3.8, 4) is 6.07 Å². The van der Waals surface area contributed by atoms with E-state index in [1.807, 2.05) is 35.0 Å². The van der Waals surface area contributed by atoms with Crippen molar-refractivity contribution in [1.82, 2.24) is 19.4 Å². The molecule has 1 aliphatic rings. The molecule has 2 aromatic rings. The quantitative estimate of drug-likeness (QED) is 0.854. The van der Waals surface area contributed by atoms with Crippen molar-refractivity contribution in [2.75, 3.05) is 27.2 Å². The topological polar surface area (TPSA) is 65.2 Å². The van der Waals surface area contributed by atoms with E-state index in [-0.39, 0.29) is 5.91 Å². The van der Waals surface area contributed by atoms with Crippen LogP contribution in [0.4, 0.5) is 0 Å². The summed E-state index contributed by atoms with van der Waals surface area (Å²) in [5.74, 6) is 0.113. The number of aromatic nitrogens is 2. The van der Waals surface area contributed by atoms with Crippen molar-refractivity contribution in [3.05, 3.63) is 54.1 Å². The first kappa shape index (κ1) is 17.2. The first-order valence-corrected chi connectivity index (χ1v) is 8.47. The van der Waals surface area contributed by atoms with E-state index in [0.717, 1.165) is 43.6 Å². The van der Waals surface area contributed by atoms with E-state index in [1.54, 1.807) is 31.5 Å². The average molecular weight is 337 g/mol. The Morgan fingerprint density at radius 3 is 2.64 bits per heavy atom. The van der Waals surface area contributed by atoms with E-state index in [9.17, 15) is 10.1 Å². The van der Waals surface area contributed by atoms with Gasteiger partial charge in [-0.1, -0.05) is 18.2 Å². The number of rotatable bonds is 4. The SMILES string of the molecule is CN(C)C(=O)C1(n2ccnc2)CCN(Cc2ccccc2C#N)CC1. The summed E-state index contributed by atoms with van der Waals surface area (Å²) in [6.45, 7) is 2.34. The summed E-state index contributed by atoms with van der Waals surface area (Å²) in [7, 11) is 3.60. The molecule has 1 amide bonds. The summed E-state index contributed by atoms with van der Waals surface area (Å²) in [5.41, 5.74) is 1.20. The molecule has 3 rings (SSSR count). The maximum Gasteiger partial charge on any atom is 0.248 e. The highest BCUT2D eigenvalue weighted by atomic mass is 16.2. The minimum Gasteiger partial charge on any atom is -0.347 e. The van der Waals surface area contributed by atoms with Gasteiger partial charge < -0.3 is 9.47 Å². The number of nitrogens with zero attached hydrogens (tertiary/aromatic N) is 5. The zero-order valence-electron chi connectivity index (χ0n) is 14.7. The Bertz CT molecular complexity index is 767. The van der Waals surface area contributed by atoms with Crippen molar-refractivity contribution < 1.29 is 4.79 Å². The molecule has 0 saturated carbocycles.